The van der Waals surface area contributed by atoms with Crippen molar-refractivity contribution >= 4 is 31.9 Å². The van der Waals surface area contributed by atoms with Gasteiger partial charge in [-0.3, -0.25) is 0 Å². The summed E-state index contributed by atoms with van der Waals surface area (Å²) in [6, 6.07) is 2.11. The summed E-state index contributed by atoms with van der Waals surface area (Å²) in [5.41, 5.74) is 5.91. The van der Waals surface area contributed by atoms with Gasteiger partial charge in [-0.15, -0.1) is 11.3 Å². The van der Waals surface area contributed by atoms with E-state index in [0.717, 1.165) is 17.8 Å². The summed E-state index contributed by atoms with van der Waals surface area (Å²) in [4.78, 5) is 0.332. The molecule has 20 heavy (non-hydrogen) atoms. The van der Waals surface area contributed by atoms with Crippen molar-refractivity contribution in [2.75, 3.05) is 16.8 Å². The molecule has 1 aromatic rings. The molecule has 0 saturated carbocycles. The highest BCUT2D eigenvalue weighted by molar-refractivity contribution is 7.91. The maximum atomic E-state index is 12.2. The quantitative estimate of drug-likeness (QED) is 0.841. The first-order valence-electron chi connectivity index (χ1n) is 6.60. The molecule has 0 fully saturated rings. The molecule has 1 heterocycles. The van der Waals surface area contributed by atoms with Crippen molar-refractivity contribution in [3.8, 4) is 6.07 Å². The van der Waals surface area contributed by atoms with Crippen LogP contribution in [0, 0.1) is 17.2 Å². The van der Waals surface area contributed by atoms with E-state index in [1.54, 1.807) is 6.92 Å². The number of nitrogens with two attached hydrogens (primary N) is 1. The van der Waals surface area contributed by atoms with Gasteiger partial charge in [0.2, 0.25) is 0 Å². The van der Waals surface area contributed by atoms with E-state index in [4.69, 9.17) is 11.0 Å². The van der Waals surface area contributed by atoms with E-state index in [2.05, 4.69) is 19.2 Å². The number of anilines is 2. The summed E-state index contributed by atoms with van der Waals surface area (Å²) < 4.78 is 24.4. The molecule has 1 unspecified atom stereocenters. The Morgan fingerprint density at radius 1 is 1.40 bits per heavy atom. The maximum Gasteiger partial charge on any atom is 0.183 e. The van der Waals surface area contributed by atoms with E-state index in [1.165, 1.54) is 0 Å². The fraction of sp³-hybridized carbons (Fsp3) is 0.615. The zero-order chi connectivity index (χ0) is 15.5. The molecule has 3 N–H and O–H groups in total. The van der Waals surface area contributed by atoms with E-state index < -0.39 is 9.84 Å². The SMILES string of the molecule is CCC(Nc1sc(C#N)c(N)c1S(=O)(=O)CC)C(C)C. The Hall–Kier alpha value is -1.26. The number of thiophene rings is 1. The van der Waals surface area contributed by atoms with Gasteiger partial charge in [-0.25, -0.2) is 8.42 Å². The number of nitrogen functional groups attached to an aromatic ring is 1. The molecule has 0 amide bonds. The van der Waals surface area contributed by atoms with Crippen LogP contribution in [0.1, 0.15) is 39.0 Å². The van der Waals surface area contributed by atoms with E-state index >= 15 is 0 Å². The van der Waals surface area contributed by atoms with Crippen LogP contribution in [0.4, 0.5) is 10.7 Å². The first-order valence-corrected chi connectivity index (χ1v) is 9.06. The van der Waals surface area contributed by atoms with Gasteiger partial charge in [0.15, 0.2) is 9.84 Å². The van der Waals surface area contributed by atoms with E-state index in [9.17, 15) is 8.42 Å². The Morgan fingerprint density at radius 2 is 2.00 bits per heavy atom. The van der Waals surface area contributed by atoms with Gasteiger partial charge in [0.25, 0.3) is 0 Å². The van der Waals surface area contributed by atoms with Crippen LogP contribution >= 0.6 is 11.3 Å². The van der Waals surface area contributed by atoms with Gasteiger partial charge < -0.3 is 11.1 Å². The monoisotopic (exact) mass is 315 g/mol. The summed E-state index contributed by atoms with van der Waals surface area (Å²) in [7, 11) is -3.46. The van der Waals surface area contributed by atoms with Crippen molar-refractivity contribution in [2.24, 2.45) is 5.92 Å². The molecular weight excluding hydrogens is 294 g/mol. The fourth-order valence-electron chi connectivity index (χ4n) is 1.97. The fourth-order valence-corrected chi connectivity index (χ4v) is 4.48. The second-order valence-electron chi connectivity index (χ2n) is 4.92. The lowest BCUT2D eigenvalue weighted by molar-refractivity contribution is 0.511. The summed E-state index contributed by atoms with van der Waals surface area (Å²) >= 11 is 1.11. The zero-order valence-corrected chi connectivity index (χ0v) is 13.9. The Morgan fingerprint density at radius 3 is 2.40 bits per heavy atom. The molecule has 1 atom stereocenters. The number of nitriles is 1. The highest BCUT2D eigenvalue weighted by Crippen LogP contribution is 2.40. The van der Waals surface area contributed by atoms with Crippen molar-refractivity contribution in [3.63, 3.8) is 0 Å². The molecule has 0 spiro atoms. The molecule has 0 aromatic carbocycles. The standard InChI is InChI=1S/C13H21N3O2S2/c1-5-9(8(3)4)16-13-12(20(17,18)6-2)11(15)10(7-14)19-13/h8-9,16H,5-6,15H2,1-4H3. The summed E-state index contributed by atoms with van der Waals surface area (Å²) in [6.07, 6.45) is 0.864. The first-order chi connectivity index (χ1) is 9.28. The molecule has 0 saturated heterocycles. The van der Waals surface area contributed by atoms with Gasteiger partial charge in [-0.1, -0.05) is 27.7 Å². The van der Waals surface area contributed by atoms with Crippen molar-refractivity contribution in [1.82, 2.24) is 0 Å². The molecule has 112 valence electrons. The molecule has 0 radical (unpaired) electrons. The van der Waals surface area contributed by atoms with Gasteiger partial charge in [0, 0.05) is 6.04 Å². The molecule has 1 rings (SSSR count). The van der Waals surface area contributed by atoms with Gasteiger partial charge in [0.05, 0.1) is 11.4 Å². The Kier molecular flexibility index (Phi) is 5.42. The Balaban J connectivity index is 3.37. The molecule has 0 bridgehead atoms. The topological polar surface area (TPSA) is 96.0 Å². The van der Waals surface area contributed by atoms with Crippen LogP contribution in [0.25, 0.3) is 0 Å². The summed E-state index contributed by atoms with van der Waals surface area (Å²) in [5.74, 6) is 0.317. The minimum absolute atomic E-state index is 0.0358. The third kappa shape index (κ3) is 3.25. The summed E-state index contributed by atoms with van der Waals surface area (Å²) in [6.45, 7) is 7.74. The van der Waals surface area contributed by atoms with Crippen LogP contribution in [-0.4, -0.2) is 20.2 Å². The lowest BCUT2D eigenvalue weighted by Gasteiger charge is -2.21. The van der Waals surface area contributed by atoms with Crippen molar-refractivity contribution in [2.45, 2.75) is 45.1 Å². The van der Waals surface area contributed by atoms with Crippen LogP contribution in [0.15, 0.2) is 4.90 Å². The largest absolute Gasteiger partial charge is 0.396 e. The lowest BCUT2D eigenvalue weighted by Crippen LogP contribution is -2.25. The van der Waals surface area contributed by atoms with Gasteiger partial charge >= 0.3 is 0 Å². The molecule has 5 nitrogen and oxygen atoms in total. The number of sulfone groups is 1. The average Bonchev–Trinajstić information content (AvgIpc) is 2.72. The molecule has 7 heteroatoms. The molecule has 0 aliphatic carbocycles. The number of nitrogens with one attached hydrogen (secondary N) is 1. The van der Waals surface area contributed by atoms with E-state index in [0.29, 0.717) is 10.9 Å². The van der Waals surface area contributed by atoms with Gasteiger partial charge in [0.1, 0.15) is 20.8 Å². The molecule has 0 aliphatic rings. The van der Waals surface area contributed by atoms with Crippen LogP contribution < -0.4 is 11.1 Å². The minimum Gasteiger partial charge on any atom is -0.396 e. The molecule has 0 aliphatic heterocycles. The predicted molar refractivity (Wildman–Crippen MR) is 83.7 cm³/mol. The normalized spacial score (nSPS) is 13.2. The number of rotatable bonds is 6. The first kappa shape index (κ1) is 16.8. The van der Waals surface area contributed by atoms with E-state index in [-0.39, 0.29) is 27.3 Å². The van der Waals surface area contributed by atoms with Gasteiger partial charge in [-0.2, -0.15) is 5.26 Å². The Labute approximate surface area is 124 Å². The highest BCUT2D eigenvalue weighted by Gasteiger charge is 2.27. The predicted octanol–water partition coefficient (Wildman–Crippen LogP) is 2.84. The molecule has 1 aromatic heterocycles. The van der Waals surface area contributed by atoms with Crippen molar-refractivity contribution in [3.05, 3.63) is 4.88 Å². The zero-order valence-electron chi connectivity index (χ0n) is 12.2. The number of nitrogens with zero attached hydrogens (tertiary/aromatic N) is 1. The summed E-state index contributed by atoms with van der Waals surface area (Å²) in [5, 5.41) is 12.8. The second-order valence-corrected chi connectivity index (χ2v) is 8.16. The molecular formula is C13H21N3O2S2. The highest BCUT2D eigenvalue weighted by atomic mass is 32.2. The second kappa shape index (κ2) is 6.46. The lowest BCUT2D eigenvalue weighted by atomic mass is 10.0. The van der Waals surface area contributed by atoms with Crippen molar-refractivity contribution < 1.29 is 8.42 Å². The van der Waals surface area contributed by atoms with Crippen LogP contribution in [-0.2, 0) is 9.84 Å². The third-order valence-electron chi connectivity index (χ3n) is 3.25. The van der Waals surface area contributed by atoms with Crippen LogP contribution in [0.2, 0.25) is 0 Å². The maximum absolute atomic E-state index is 12.2. The third-order valence-corrected chi connectivity index (χ3v) is 6.23. The smallest absolute Gasteiger partial charge is 0.183 e. The van der Waals surface area contributed by atoms with Crippen LogP contribution in [0.5, 0.6) is 0 Å². The Bertz CT molecular complexity index is 612. The minimum atomic E-state index is -3.46. The van der Waals surface area contributed by atoms with Crippen LogP contribution in [0.3, 0.4) is 0 Å². The van der Waals surface area contributed by atoms with Crippen molar-refractivity contribution in [1.29, 1.82) is 5.26 Å². The number of hydrogen-bond donors (Lipinski definition) is 2. The average molecular weight is 315 g/mol. The van der Waals surface area contributed by atoms with Gasteiger partial charge in [-0.05, 0) is 12.3 Å². The number of hydrogen-bond acceptors (Lipinski definition) is 6. The van der Waals surface area contributed by atoms with E-state index in [1.807, 2.05) is 13.0 Å².